The van der Waals surface area contributed by atoms with Gasteiger partial charge >= 0.3 is 0 Å². The highest BCUT2D eigenvalue weighted by Crippen LogP contribution is 2.35. The molecule has 0 radical (unpaired) electrons. The van der Waals surface area contributed by atoms with Gasteiger partial charge in [-0.25, -0.2) is 0 Å². The Morgan fingerprint density at radius 3 is 2.64 bits per heavy atom. The summed E-state index contributed by atoms with van der Waals surface area (Å²) in [6, 6.07) is 4.02. The second kappa shape index (κ2) is 4.84. The molecule has 0 aliphatic carbocycles. The van der Waals surface area contributed by atoms with Crippen molar-refractivity contribution in [1.82, 2.24) is 19.7 Å². The molecule has 1 aliphatic heterocycles. The van der Waals surface area contributed by atoms with E-state index in [-0.39, 0.29) is 0 Å². The van der Waals surface area contributed by atoms with Gasteiger partial charge in [0.2, 0.25) is 0 Å². The molecule has 0 saturated carbocycles. The molecule has 0 aromatic carbocycles. The summed E-state index contributed by atoms with van der Waals surface area (Å²) in [6.07, 6.45) is 3.62. The van der Waals surface area contributed by atoms with Crippen molar-refractivity contribution in [3.63, 3.8) is 0 Å². The van der Waals surface area contributed by atoms with E-state index < -0.39 is 0 Å². The molecule has 1 aliphatic rings. The van der Waals surface area contributed by atoms with E-state index in [2.05, 4.69) is 33.6 Å². The van der Waals surface area contributed by atoms with Gasteiger partial charge in [0.1, 0.15) is 17.4 Å². The Morgan fingerprint density at radius 1 is 1.09 bits per heavy atom. The van der Waals surface area contributed by atoms with Crippen molar-refractivity contribution in [2.45, 2.75) is 27.3 Å². The molecular weight excluding hydrogens is 294 g/mol. The molecule has 0 atom stereocenters. The zero-order valence-electron chi connectivity index (χ0n) is 12.7. The van der Waals surface area contributed by atoms with Crippen LogP contribution in [0.3, 0.4) is 0 Å². The van der Waals surface area contributed by atoms with Crippen molar-refractivity contribution in [3.05, 3.63) is 57.7 Å². The number of nitrogens with zero attached hydrogens (tertiary/aromatic N) is 5. The van der Waals surface area contributed by atoms with Crippen molar-refractivity contribution in [1.29, 1.82) is 0 Å². The van der Waals surface area contributed by atoms with E-state index in [1.54, 1.807) is 11.3 Å². The van der Waals surface area contributed by atoms with Crippen LogP contribution in [0.2, 0.25) is 0 Å². The summed E-state index contributed by atoms with van der Waals surface area (Å²) in [5, 5.41) is 9.67. The van der Waals surface area contributed by atoms with Gasteiger partial charge in [0.05, 0.1) is 5.71 Å². The highest BCUT2D eigenvalue weighted by atomic mass is 32.1. The van der Waals surface area contributed by atoms with Crippen LogP contribution in [0.1, 0.15) is 33.2 Å². The van der Waals surface area contributed by atoms with Crippen LogP contribution >= 0.6 is 11.3 Å². The van der Waals surface area contributed by atoms with Crippen LogP contribution in [0.25, 0.3) is 5.00 Å². The number of pyridine rings is 1. The number of aliphatic imine (C=N–C) groups is 1. The Balaban J connectivity index is 2.04. The van der Waals surface area contributed by atoms with Gasteiger partial charge in [-0.2, -0.15) is 0 Å². The first-order valence-corrected chi connectivity index (χ1v) is 7.95. The number of hydrogen-bond acceptors (Lipinski definition) is 5. The first-order valence-electron chi connectivity index (χ1n) is 7.13. The minimum Gasteiger partial charge on any atom is -0.276 e. The average Bonchev–Trinajstić information content (AvgIpc) is 2.97. The summed E-state index contributed by atoms with van der Waals surface area (Å²) >= 11 is 1.78. The first kappa shape index (κ1) is 13.3. The lowest BCUT2D eigenvalue weighted by atomic mass is 10.0. The molecule has 4 heterocycles. The van der Waals surface area contributed by atoms with E-state index >= 15 is 0 Å². The zero-order valence-corrected chi connectivity index (χ0v) is 13.5. The lowest BCUT2D eigenvalue weighted by molar-refractivity contribution is 0.869. The average molecular weight is 309 g/mol. The fraction of sp³-hybridized carbons (Fsp3) is 0.250. The molecule has 22 heavy (non-hydrogen) atoms. The number of thiophene rings is 1. The Kier molecular flexibility index (Phi) is 2.94. The van der Waals surface area contributed by atoms with E-state index in [4.69, 9.17) is 4.99 Å². The van der Waals surface area contributed by atoms with Gasteiger partial charge in [-0.15, -0.1) is 21.5 Å². The van der Waals surface area contributed by atoms with Crippen LogP contribution < -0.4 is 0 Å². The first-order chi connectivity index (χ1) is 10.7. The third-order valence-corrected chi connectivity index (χ3v) is 5.22. The monoisotopic (exact) mass is 309 g/mol. The van der Waals surface area contributed by atoms with Crippen LogP contribution in [0.5, 0.6) is 0 Å². The molecule has 0 bridgehead atoms. The Morgan fingerprint density at radius 2 is 1.86 bits per heavy atom. The second-order valence-electron chi connectivity index (χ2n) is 5.36. The minimum atomic E-state index is 0.540. The van der Waals surface area contributed by atoms with Crippen molar-refractivity contribution >= 4 is 17.0 Å². The van der Waals surface area contributed by atoms with Gasteiger partial charge in [-0.1, -0.05) is 0 Å². The van der Waals surface area contributed by atoms with E-state index in [0.717, 1.165) is 22.9 Å². The number of aryl methyl sites for hydroxylation is 2. The number of rotatable bonds is 1. The molecule has 4 rings (SSSR count). The molecule has 0 amide bonds. The molecule has 3 aromatic heterocycles. The summed E-state index contributed by atoms with van der Waals surface area (Å²) in [6.45, 7) is 6.84. The normalized spacial score (nSPS) is 13.3. The summed E-state index contributed by atoms with van der Waals surface area (Å²) in [5.41, 5.74) is 4.57. The van der Waals surface area contributed by atoms with Crippen LogP contribution in [0.15, 0.2) is 29.5 Å². The Labute approximate surface area is 132 Å². The molecule has 6 heteroatoms. The summed E-state index contributed by atoms with van der Waals surface area (Å²) in [5.74, 6) is 1.80. The maximum absolute atomic E-state index is 4.84. The maximum Gasteiger partial charge on any atom is 0.160 e. The number of hydrogen-bond donors (Lipinski definition) is 0. The smallest absolute Gasteiger partial charge is 0.160 e. The van der Waals surface area contributed by atoms with E-state index in [1.165, 1.54) is 21.0 Å². The molecule has 0 unspecified atom stereocenters. The van der Waals surface area contributed by atoms with Gasteiger partial charge in [0.15, 0.2) is 5.82 Å². The third kappa shape index (κ3) is 1.84. The highest BCUT2D eigenvalue weighted by Gasteiger charge is 2.26. The molecule has 5 nitrogen and oxygen atoms in total. The summed E-state index contributed by atoms with van der Waals surface area (Å²) in [7, 11) is 0. The van der Waals surface area contributed by atoms with Crippen LogP contribution in [-0.2, 0) is 6.54 Å². The summed E-state index contributed by atoms with van der Waals surface area (Å²) in [4.78, 5) is 10.2. The van der Waals surface area contributed by atoms with Gasteiger partial charge in [-0.05, 0) is 38.5 Å². The fourth-order valence-corrected chi connectivity index (χ4v) is 4.02. The molecule has 0 spiro atoms. The van der Waals surface area contributed by atoms with Crippen molar-refractivity contribution in [3.8, 4) is 5.00 Å². The molecule has 0 saturated heterocycles. The predicted octanol–water partition coefficient (Wildman–Crippen LogP) is 3.00. The molecule has 110 valence electrons. The van der Waals surface area contributed by atoms with E-state index in [1.807, 2.05) is 31.5 Å². The largest absolute Gasteiger partial charge is 0.276 e. The number of fused-ring (bicyclic) bond motifs is 3. The topological polar surface area (TPSA) is 56.0 Å². The molecule has 0 N–H and O–H groups in total. The van der Waals surface area contributed by atoms with E-state index in [9.17, 15) is 0 Å². The summed E-state index contributed by atoms with van der Waals surface area (Å²) < 4.78 is 2.14. The number of aromatic nitrogens is 4. The van der Waals surface area contributed by atoms with Crippen molar-refractivity contribution in [2.24, 2.45) is 4.99 Å². The molecular formula is C16H15N5S. The minimum absolute atomic E-state index is 0.540. The predicted molar refractivity (Wildman–Crippen MR) is 87.0 cm³/mol. The molecule has 0 fully saturated rings. The quantitative estimate of drug-likeness (QED) is 0.694. The Bertz CT molecular complexity index is 889. The van der Waals surface area contributed by atoms with Crippen molar-refractivity contribution < 1.29 is 0 Å². The highest BCUT2D eigenvalue weighted by molar-refractivity contribution is 7.15. The van der Waals surface area contributed by atoms with E-state index in [0.29, 0.717) is 6.54 Å². The van der Waals surface area contributed by atoms with Crippen molar-refractivity contribution in [2.75, 3.05) is 0 Å². The lowest BCUT2D eigenvalue weighted by Crippen LogP contribution is -2.07. The molecule has 3 aromatic rings. The second-order valence-corrected chi connectivity index (χ2v) is 6.57. The van der Waals surface area contributed by atoms with Gasteiger partial charge in [0.25, 0.3) is 0 Å². The zero-order chi connectivity index (χ0) is 15.3. The van der Waals surface area contributed by atoms with Gasteiger partial charge in [0, 0.05) is 28.4 Å². The van der Waals surface area contributed by atoms with Crippen LogP contribution in [0.4, 0.5) is 0 Å². The van der Waals surface area contributed by atoms with Gasteiger partial charge < -0.3 is 0 Å². The Hall–Kier alpha value is -2.34. The lowest BCUT2D eigenvalue weighted by Gasteiger charge is -2.08. The van der Waals surface area contributed by atoms with Gasteiger partial charge in [-0.3, -0.25) is 14.5 Å². The standard InChI is InChI=1S/C16H15N5S/c1-9-10(2)22-16-14(9)15(12-4-6-17-7-5-12)18-8-13-20-19-11(3)21(13)16/h4-7H,8H2,1-3H3. The SMILES string of the molecule is Cc1sc2c(c1C)C(c1ccncc1)=NCc1nnc(C)n1-2. The maximum atomic E-state index is 4.84. The third-order valence-electron chi connectivity index (χ3n) is 4.03. The van der Waals surface area contributed by atoms with Crippen LogP contribution in [0, 0.1) is 20.8 Å². The fourth-order valence-electron chi connectivity index (χ4n) is 2.79. The van der Waals surface area contributed by atoms with Crippen LogP contribution in [-0.4, -0.2) is 25.5 Å².